The van der Waals surface area contributed by atoms with Crippen LogP contribution in [0.15, 0.2) is 10.2 Å². The molecule has 0 aromatic rings. The maximum Gasteiger partial charge on any atom is -0.00840 e. The molecule has 2 atom stereocenters. The van der Waals surface area contributed by atoms with Gasteiger partial charge in [-0.05, 0) is 44.4 Å². The van der Waals surface area contributed by atoms with E-state index in [1.165, 1.54) is 22.8 Å². The van der Waals surface area contributed by atoms with Gasteiger partial charge in [0.05, 0.1) is 0 Å². The molecule has 0 heterocycles. The minimum atomic E-state index is 0.825. The van der Waals surface area contributed by atoms with Crippen molar-refractivity contribution in [2.45, 2.75) is 26.2 Å². The largest absolute Gasteiger partial charge is 0.0894 e. The summed E-state index contributed by atoms with van der Waals surface area (Å²) in [6, 6.07) is 0. The second-order valence-corrected chi connectivity index (χ2v) is 4.35. The van der Waals surface area contributed by atoms with Gasteiger partial charge in [-0.15, -0.1) is 0 Å². The van der Waals surface area contributed by atoms with Gasteiger partial charge in [0.15, 0.2) is 0 Å². The molecule has 0 radical (unpaired) electrons. The highest BCUT2D eigenvalue weighted by Gasteiger charge is 2.23. The first-order valence-corrected chi connectivity index (χ1v) is 4.64. The van der Waals surface area contributed by atoms with E-state index in [9.17, 15) is 0 Å². The third-order valence-corrected chi connectivity index (χ3v) is 3.06. The fourth-order valence-electron chi connectivity index (χ4n) is 1.61. The zero-order valence-electron chi connectivity index (χ0n) is 5.86. The molecule has 0 spiro atoms. The molecular formula is C8H13I. The molecule has 1 heteroatoms. The quantitative estimate of drug-likeness (QED) is 0.612. The first-order chi connectivity index (χ1) is 4.22. The SMILES string of the molecule is C=C(I)[C@H]1CCCC1C. The van der Waals surface area contributed by atoms with Crippen molar-refractivity contribution in [3.63, 3.8) is 0 Å². The molecule has 0 nitrogen and oxygen atoms in total. The van der Waals surface area contributed by atoms with Crippen molar-refractivity contribution in [1.82, 2.24) is 0 Å². The van der Waals surface area contributed by atoms with E-state index >= 15 is 0 Å². The highest BCUT2D eigenvalue weighted by Crippen LogP contribution is 2.37. The van der Waals surface area contributed by atoms with Crippen molar-refractivity contribution in [2.24, 2.45) is 11.8 Å². The van der Waals surface area contributed by atoms with Crippen molar-refractivity contribution in [1.29, 1.82) is 0 Å². The van der Waals surface area contributed by atoms with Crippen LogP contribution >= 0.6 is 22.6 Å². The molecule has 1 fully saturated rings. The van der Waals surface area contributed by atoms with Crippen LogP contribution in [0.25, 0.3) is 0 Å². The summed E-state index contributed by atoms with van der Waals surface area (Å²) in [5.74, 6) is 1.72. The van der Waals surface area contributed by atoms with Crippen molar-refractivity contribution >= 4 is 22.6 Å². The Balaban J connectivity index is 2.49. The molecule has 1 unspecified atom stereocenters. The lowest BCUT2D eigenvalue weighted by molar-refractivity contribution is 0.501. The second-order valence-electron chi connectivity index (χ2n) is 2.96. The molecule has 0 aliphatic heterocycles. The van der Waals surface area contributed by atoms with Crippen molar-refractivity contribution in [3.8, 4) is 0 Å². The molecule has 0 saturated heterocycles. The molecule has 1 aliphatic carbocycles. The molecule has 0 bridgehead atoms. The normalized spacial score (nSPS) is 34.9. The molecule has 0 N–H and O–H groups in total. The van der Waals surface area contributed by atoms with Crippen LogP contribution in [0.2, 0.25) is 0 Å². The van der Waals surface area contributed by atoms with Crippen LogP contribution in [0.3, 0.4) is 0 Å². The Bertz CT molecular complexity index is 118. The molecule has 1 saturated carbocycles. The average molecular weight is 236 g/mol. The third kappa shape index (κ3) is 1.69. The highest BCUT2D eigenvalue weighted by molar-refractivity contribution is 14.1. The number of rotatable bonds is 1. The van der Waals surface area contributed by atoms with Gasteiger partial charge in [-0.2, -0.15) is 0 Å². The zero-order chi connectivity index (χ0) is 6.85. The van der Waals surface area contributed by atoms with Gasteiger partial charge in [-0.3, -0.25) is 0 Å². The highest BCUT2D eigenvalue weighted by atomic mass is 127. The van der Waals surface area contributed by atoms with E-state index in [0.717, 1.165) is 11.8 Å². The van der Waals surface area contributed by atoms with Crippen LogP contribution in [0, 0.1) is 11.8 Å². The Labute approximate surface area is 70.9 Å². The first kappa shape index (κ1) is 7.58. The minimum Gasteiger partial charge on any atom is -0.0894 e. The van der Waals surface area contributed by atoms with Crippen LogP contribution in [0.4, 0.5) is 0 Å². The van der Waals surface area contributed by atoms with E-state index in [1.807, 2.05) is 0 Å². The van der Waals surface area contributed by atoms with Gasteiger partial charge < -0.3 is 0 Å². The van der Waals surface area contributed by atoms with Crippen molar-refractivity contribution < 1.29 is 0 Å². The summed E-state index contributed by atoms with van der Waals surface area (Å²) in [5.41, 5.74) is 0. The number of hydrogen-bond acceptors (Lipinski definition) is 0. The van der Waals surface area contributed by atoms with E-state index in [4.69, 9.17) is 0 Å². The Morgan fingerprint density at radius 1 is 1.56 bits per heavy atom. The summed E-state index contributed by atoms with van der Waals surface area (Å²) in [6.45, 7) is 6.31. The van der Waals surface area contributed by atoms with E-state index in [1.54, 1.807) is 0 Å². The molecule has 52 valence electrons. The van der Waals surface area contributed by atoms with Crippen LogP contribution < -0.4 is 0 Å². The lowest BCUT2D eigenvalue weighted by Gasteiger charge is -2.12. The summed E-state index contributed by atoms with van der Waals surface area (Å²) in [5, 5.41) is 0. The molecule has 0 aromatic carbocycles. The topological polar surface area (TPSA) is 0 Å². The lowest BCUT2D eigenvalue weighted by Crippen LogP contribution is -2.01. The Morgan fingerprint density at radius 2 is 2.22 bits per heavy atom. The molecule has 9 heavy (non-hydrogen) atoms. The standard InChI is InChI=1S/C8H13I/c1-6-4-3-5-8(6)7(2)9/h6,8H,2-5H2,1H3/t6?,8-/m0/s1. The number of halogens is 1. The third-order valence-electron chi connectivity index (χ3n) is 2.26. The minimum absolute atomic E-state index is 0.825. The lowest BCUT2D eigenvalue weighted by atomic mass is 9.99. The second kappa shape index (κ2) is 3.04. The molecule has 1 aliphatic rings. The van der Waals surface area contributed by atoms with Gasteiger partial charge in [-0.25, -0.2) is 0 Å². The van der Waals surface area contributed by atoms with Crippen LogP contribution in [0.1, 0.15) is 26.2 Å². The van der Waals surface area contributed by atoms with Gasteiger partial charge >= 0.3 is 0 Å². The molecular weight excluding hydrogens is 223 g/mol. The van der Waals surface area contributed by atoms with Gasteiger partial charge in [-0.1, -0.05) is 26.3 Å². The van der Waals surface area contributed by atoms with Crippen molar-refractivity contribution in [3.05, 3.63) is 10.2 Å². The first-order valence-electron chi connectivity index (χ1n) is 3.56. The molecule has 0 aromatic heterocycles. The summed E-state index contributed by atoms with van der Waals surface area (Å²) in [6.07, 6.45) is 4.20. The number of allylic oxidation sites excluding steroid dienone is 1. The maximum absolute atomic E-state index is 3.97. The van der Waals surface area contributed by atoms with Crippen molar-refractivity contribution in [2.75, 3.05) is 0 Å². The predicted octanol–water partition coefficient (Wildman–Crippen LogP) is 3.37. The fourth-order valence-corrected chi connectivity index (χ4v) is 2.54. The van der Waals surface area contributed by atoms with Gasteiger partial charge in [0.2, 0.25) is 0 Å². The van der Waals surface area contributed by atoms with Crippen LogP contribution in [-0.2, 0) is 0 Å². The number of hydrogen-bond donors (Lipinski definition) is 0. The Morgan fingerprint density at radius 3 is 2.44 bits per heavy atom. The Kier molecular flexibility index (Phi) is 2.56. The average Bonchev–Trinajstić information content (AvgIpc) is 2.13. The molecule has 1 rings (SSSR count). The van der Waals surface area contributed by atoms with Gasteiger partial charge in [0, 0.05) is 0 Å². The fraction of sp³-hybridized carbons (Fsp3) is 0.750. The van der Waals surface area contributed by atoms with E-state index in [-0.39, 0.29) is 0 Å². The Hall–Kier alpha value is 0.470. The predicted molar refractivity (Wildman–Crippen MR) is 49.7 cm³/mol. The monoisotopic (exact) mass is 236 g/mol. The summed E-state index contributed by atoms with van der Waals surface area (Å²) in [4.78, 5) is 0. The van der Waals surface area contributed by atoms with Crippen LogP contribution in [0.5, 0.6) is 0 Å². The smallest absolute Gasteiger partial charge is 0.00840 e. The summed E-state index contributed by atoms with van der Waals surface area (Å²) in [7, 11) is 0. The van der Waals surface area contributed by atoms with Gasteiger partial charge in [0.25, 0.3) is 0 Å². The summed E-state index contributed by atoms with van der Waals surface area (Å²) < 4.78 is 1.36. The zero-order valence-corrected chi connectivity index (χ0v) is 8.02. The summed E-state index contributed by atoms with van der Waals surface area (Å²) >= 11 is 2.37. The van der Waals surface area contributed by atoms with E-state index in [0.29, 0.717) is 0 Å². The van der Waals surface area contributed by atoms with Gasteiger partial charge in [0.1, 0.15) is 0 Å². The van der Waals surface area contributed by atoms with E-state index in [2.05, 4.69) is 36.1 Å². The molecule has 0 amide bonds. The maximum atomic E-state index is 3.97. The van der Waals surface area contributed by atoms with E-state index < -0.39 is 0 Å². The van der Waals surface area contributed by atoms with Crippen LogP contribution in [-0.4, -0.2) is 0 Å².